The van der Waals surface area contributed by atoms with Crippen LogP contribution in [0.1, 0.15) is 40.9 Å². The van der Waals surface area contributed by atoms with Crippen LogP contribution in [0, 0.1) is 5.92 Å². The van der Waals surface area contributed by atoms with Gasteiger partial charge in [0, 0.05) is 32.2 Å². The van der Waals surface area contributed by atoms with Crippen molar-refractivity contribution < 1.29 is 38.1 Å². The summed E-state index contributed by atoms with van der Waals surface area (Å²) < 4.78 is 27.3. The van der Waals surface area contributed by atoms with E-state index in [1.54, 1.807) is 37.4 Å². The van der Waals surface area contributed by atoms with Gasteiger partial charge >= 0.3 is 0 Å². The van der Waals surface area contributed by atoms with Crippen molar-refractivity contribution in [1.29, 1.82) is 0 Å². The van der Waals surface area contributed by atoms with Gasteiger partial charge in [0.2, 0.25) is 11.5 Å². The van der Waals surface area contributed by atoms with E-state index < -0.39 is 29.4 Å². The minimum absolute atomic E-state index is 0.0169. The second-order valence-electron chi connectivity index (χ2n) is 8.91. The summed E-state index contributed by atoms with van der Waals surface area (Å²) in [5, 5.41) is 0. The van der Waals surface area contributed by atoms with E-state index in [-0.39, 0.29) is 12.6 Å². The molecule has 0 radical (unpaired) electrons. The number of hydrogen-bond acceptors (Lipinski definition) is 8. The Morgan fingerprint density at radius 2 is 1.72 bits per heavy atom. The second-order valence-corrected chi connectivity index (χ2v) is 8.91. The third-order valence-corrected chi connectivity index (χ3v) is 6.64. The van der Waals surface area contributed by atoms with Gasteiger partial charge in [-0.25, -0.2) is 0 Å². The SMILES string of the molecule is COCCCN1C(=O)C(=O)C(C(=O)c2ccc3c(c2)CC(C)O3)C1c1cc(OC)c(OC)c(OC)c1. The smallest absolute Gasteiger partial charge is 0.291 e. The van der Waals surface area contributed by atoms with E-state index in [0.29, 0.717) is 47.8 Å². The zero-order valence-electron chi connectivity index (χ0n) is 21.2. The molecule has 2 aliphatic heterocycles. The third kappa shape index (κ3) is 4.51. The molecule has 36 heavy (non-hydrogen) atoms. The van der Waals surface area contributed by atoms with Crippen molar-refractivity contribution in [1.82, 2.24) is 4.90 Å². The van der Waals surface area contributed by atoms with E-state index in [4.69, 9.17) is 23.7 Å². The maximum absolute atomic E-state index is 13.8. The number of hydrogen-bond donors (Lipinski definition) is 0. The van der Waals surface area contributed by atoms with Crippen LogP contribution < -0.4 is 18.9 Å². The number of ether oxygens (including phenoxy) is 5. The molecule has 2 aliphatic rings. The Bertz CT molecular complexity index is 1150. The van der Waals surface area contributed by atoms with Crippen LogP contribution in [0.3, 0.4) is 0 Å². The third-order valence-electron chi connectivity index (χ3n) is 6.64. The first kappa shape index (κ1) is 25.5. The number of amides is 1. The average Bonchev–Trinajstić information content (AvgIpc) is 3.38. The number of nitrogens with zero attached hydrogens (tertiary/aromatic N) is 1. The lowest BCUT2D eigenvalue weighted by Gasteiger charge is -2.28. The van der Waals surface area contributed by atoms with E-state index in [1.807, 2.05) is 6.92 Å². The number of benzene rings is 2. The number of ketones is 2. The first-order valence-corrected chi connectivity index (χ1v) is 11.8. The number of likely N-dealkylation sites (tertiary alicyclic amines) is 1. The van der Waals surface area contributed by atoms with Gasteiger partial charge in [-0.1, -0.05) is 0 Å². The van der Waals surface area contributed by atoms with Crippen LogP contribution in [0.25, 0.3) is 0 Å². The Labute approximate surface area is 210 Å². The Kier molecular flexibility index (Phi) is 7.49. The Hall–Kier alpha value is -3.59. The molecule has 3 unspecified atom stereocenters. The second kappa shape index (κ2) is 10.6. The van der Waals surface area contributed by atoms with Crippen LogP contribution in [0.15, 0.2) is 30.3 Å². The molecule has 0 spiro atoms. The van der Waals surface area contributed by atoms with Gasteiger partial charge in [-0.15, -0.1) is 0 Å². The summed E-state index contributed by atoms with van der Waals surface area (Å²) in [5.41, 5.74) is 1.82. The first-order valence-electron chi connectivity index (χ1n) is 11.8. The minimum Gasteiger partial charge on any atom is -0.493 e. The molecule has 1 fully saturated rings. The van der Waals surface area contributed by atoms with E-state index in [2.05, 4.69) is 0 Å². The fourth-order valence-electron chi connectivity index (χ4n) is 5.01. The van der Waals surface area contributed by atoms with Crippen molar-refractivity contribution >= 4 is 17.5 Å². The molecule has 0 aliphatic carbocycles. The Morgan fingerprint density at radius 3 is 2.33 bits per heavy atom. The zero-order valence-corrected chi connectivity index (χ0v) is 21.2. The van der Waals surface area contributed by atoms with E-state index in [0.717, 1.165) is 11.3 Å². The molecule has 0 N–H and O–H groups in total. The number of Topliss-reactive ketones (excluding diaryl/α,β-unsaturated/α-hetero) is 2. The maximum Gasteiger partial charge on any atom is 0.291 e. The quantitative estimate of drug-likeness (QED) is 0.214. The fourth-order valence-corrected chi connectivity index (χ4v) is 5.01. The van der Waals surface area contributed by atoms with Crippen LogP contribution in [0.5, 0.6) is 23.0 Å². The summed E-state index contributed by atoms with van der Waals surface area (Å²) in [6.45, 7) is 2.61. The predicted molar refractivity (Wildman–Crippen MR) is 130 cm³/mol. The zero-order chi connectivity index (χ0) is 26.0. The van der Waals surface area contributed by atoms with Gasteiger partial charge in [0.25, 0.3) is 5.91 Å². The number of fused-ring (bicyclic) bond motifs is 1. The molecule has 3 atom stereocenters. The first-order chi connectivity index (χ1) is 17.3. The minimum atomic E-state index is -1.22. The van der Waals surface area contributed by atoms with Crippen molar-refractivity contribution in [3.05, 3.63) is 47.0 Å². The summed E-state index contributed by atoms with van der Waals surface area (Å²) in [7, 11) is 6.03. The van der Waals surface area contributed by atoms with Gasteiger partial charge in [-0.3, -0.25) is 14.4 Å². The van der Waals surface area contributed by atoms with E-state index >= 15 is 0 Å². The molecule has 2 aromatic rings. The van der Waals surface area contributed by atoms with Crippen molar-refractivity contribution in [3.63, 3.8) is 0 Å². The molecule has 9 heteroatoms. The molecule has 2 heterocycles. The highest BCUT2D eigenvalue weighted by atomic mass is 16.5. The number of rotatable bonds is 10. The monoisotopic (exact) mass is 497 g/mol. The summed E-state index contributed by atoms with van der Waals surface area (Å²) in [6, 6.07) is 7.68. The number of methoxy groups -OCH3 is 4. The molecule has 0 saturated carbocycles. The molecule has 0 aromatic heterocycles. The number of carbonyl (C=O) groups excluding carboxylic acids is 3. The fraction of sp³-hybridized carbons (Fsp3) is 0.444. The standard InChI is InChI=1S/C27H31NO8/c1-15-11-17-12-16(7-8-19(17)36-15)24(29)22-23(28(9-6-10-32-2)27(31)25(22)30)18-13-20(33-3)26(35-5)21(14-18)34-4/h7-8,12-15,22-23H,6,9-11H2,1-5H3. The van der Waals surface area contributed by atoms with E-state index in [9.17, 15) is 14.4 Å². The van der Waals surface area contributed by atoms with Crippen LogP contribution >= 0.6 is 0 Å². The summed E-state index contributed by atoms with van der Waals surface area (Å²) >= 11 is 0. The lowest BCUT2D eigenvalue weighted by molar-refractivity contribution is -0.140. The topological polar surface area (TPSA) is 101 Å². The van der Waals surface area contributed by atoms with Crippen molar-refractivity contribution in [2.75, 3.05) is 41.6 Å². The molecular weight excluding hydrogens is 466 g/mol. The molecular formula is C27H31NO8. The highest BCUT2D eigenvalue weighted by molar-refractivity contribution is 6.44. The summed E-state index contributed by atoms with van der Waals surface area (Å²) in [4.78, 5) is 41.7. The van der Waals surface area contributed by atoms with Crippen molar-refractivity contribution in [2.45, 2.75) is 31.9 Å². The van der Waals surface area contributed by atoms with Crippen LogP contribution in [-0.2, 0) is 20.7 Å². The molecule has 192 valence electrons. The lowest BCUT2D eigenvalue weighted by Crippen LogP contribution is -2.32. The predicted octanol–water partition coefficient (Wildman–Crippen LogP) is 3.02. The van der Waals surface area contributed by atoms with Gasteiger partial charge in [-0.2, -0.15) is 0 Å². The van der Waals surface area contributed by atoms with Crippen molar-refractivity contribution in [2.24, 2.45) is 5.92 Å². The van der Waals surface area contributed by atoms with Gasteiger partial charge in [0.1, 0.15) is 17.8 Å². The van der Waals surface area contributed by atoms with E-state index in [1.165, 1.54) is 26.2 Å². The van der Waals surface area contributed by atoms with Crippen LogP contribution in [-0.4, -0.2) is 70.1 Å². The van der Waals surface area contributed by atoms with Crippen molar-refractivity contribution in [3.8, 4) is 23.0 Å². The maximum atomic E-state index is 13.8. The highest BCUT2D eigenvalue weighted by Gasteiger charge is 2.52. The molecule has 9 nitrogen and oxygen atoms in total. The Morgan fingerprint density at radius 1 is 1.03 bits per heavy atom. The lowest BCUT2D eigenvalue weighted by atomic mass is 9.85. The van der Waals surface area contributed by atoms with Gasteiger partial charge in [0.05, 0.1) is 27.4 Å². The van der Waals surface area contributed by atoms with Gasteiger partial charge in [-0.05, 0) is 54.8 Å². The molecule has 1 amide bonds. The average molecular weight is 498 g/mol. The summed E-state index contributed by atoms with van der Waals surface area (Å²) in [5.74, 6) is -1.22. The number of carbonyl (C=O) groups is 3. The largest absolute Gasteiger partial charge is 0.493 e. The molecule has 2 aromatic carbocycles. The van der Waals surface area contributed by atoms with Crippen LogP contribution in [0.2, 0.25) is 0 Å². The molecule has 4 rings (SSSR count). The molecule has 1 saturated heterocycles. The molecule has 0 bridgehead atoms. The van der Waals surface area contributed by atoms with Crippen LogP contribution in [0.4, 0.5) is 0 Å². The van der Waals surface area contributed by atoms with Gasteiger partial charge < -0.3 is 28.6 Å². The Balaban J connectivity index is 1.80. The highest BCUT2D eigenvalue weighted by Crippen LogP contribution is 2.45. The normalized spacial score (nSPS) is 20.8. The summed E-state index contributed by atoms with van der Waals surface area (Å²) in [6.07, 6.45) is 1.20. The van der Waals surface area contributed by atoms with Gasteiger partial charge in [0.15, 0.2) is 17.3 Å².